The van der Waals surface area contributed by atoms with Crippen LogP contribution in [0, 0.1) is 5.92 Å². The van der Waals surface area contributed by atoms with Crippen molar-refractivity contribution in [3.63, 3.8) is 0 Å². The van der Waals surface area contributed by atoms with E-state index in [0.717, 1.165) is 25.0 Å². The lowest BCUT2D eigenvalue weighted by Gasteiger charge is -2.17. The molecule has 2 aromatic rings. The van der Waals surface area contributed by atoms with Crippen molar-refractivity contribution in [1.82, 2.24) is 4.37 Å². The number of aliphatic hydroxyl groups is 1. The highest BCUT2D eigenvalue weighted by Gasteiger charge is 2.27. The summed E-state index contributed by atoms with van der Waals surface area (Å²) in [5.74, 6) is 0.399. The van der Waals surface area contributed by atoms with Gasteiger partial charge in [0, 0.05) is 24.4 Å². The predicted octanol–water partition coefficient (Wildman–Crippen LogP) is 2.50. The van der Waals surface area contributed by atoms with Crippen LogP contribution < -0.4 is 4.90 Å². The van der Waals surface area contributed by atoms with Crippen molar-refractivity contribution in [1.29, 1.82) is 0 Å². The van der Waals surface area contributed by atoms with Gasteiger partial charge >= 0.3 is 0 Å². The zero-order valence-corrected chi connectivity index (χ0v) is 10.7. The van der Waals surface area contributed by atoms with Crippen molar-refractivity contribution in [2.45, 2.75) is 19.4 Å². The molecule has 0 amide bonds. The molecular formula is C13H16N2OS. The number of benzene rings is 1. The molecule has 0 spiro atoms. The summed E-state index contributed by atoms with van der Waals surface area (Å²) in [6, 6.07) is 8.26. The van der Waals surface area contributed by atoms with Gasteiger partial charge < -0.3 is 10.0 Å². The molecule has 3 nitrogen and oxygen atoms in total. The lowest BCUT2D eigenvalue weighted by molar-refractivity contribution is 0.136. The predicted molar refractivity (Wildman–Crippen MR) is 71.6 cm³/mol. The molecule has 4 heteroatoms. The fourth-order valence-corrected chi connectivity index (χ4v) is 3.37. The lowest BCUT2D eigenvalue weighted by atomic mass is 10.0. The third-order valence-electron chi connectivity index (χ3n) is 3.56. The third kappa shape index (κ3) is 1.91. The smallest absolute Gasteiger partial charge is 0.119 e. The van der Waals surface area contributed by atoms with Crippen LogP contribution in [-0.4, -0.2) is 28.7 Å². The van der Waals surface area contributed by atoms with E-state index in [1.54, 1.807) is 11.5 Å². The number of nitrogens with zero attached hydrogens (tertiary/aromatic N) is 2. The van der Waals surface area contributed by atoms with Crippen LogP contribution in [0.25, 0.3) is 10.9 Å². The van der Waals surface area contributed by atoms with Crippen molar-refractivity contribution >= 4 is 27.4 Å². The Hall–Kier alpha value is -1.13. The second-order valence-electron chi connectivity index (χ2n) is 4.74. The van der Waals surface area contributed by atoms with Gasteiger partial charge in [-0.25, -0.2) is 0 Å². The number of hydrogen-bond donors (Lipinski definition) is 1. The number of anilines is 1. The largest absolute Gasteiger partial charge is 0.393 e. The molecule has 1 fully saturated rings. The van der Waals surface area contributed by atoms with Gasteiger partial charge in [0.15, 0.2) is 0 Å². The molecule has 90 valence electrons. The molecule has 0 saturated carbocycles. The highest BCUT2D eigenvalue weighted by molar-refractivity contribution is 7.11. The minimum atomic E-state index is -0.209. The van der Waals surface area contributed by atoms with E-state index in [1.165, 1.54) is 10.4 Å². The minimum Gasteiger partial charge on any atom is -0.393 e. The van der Waals surface area contributed by atoms with Crippen LogP contribution in [0.2, 0.25) is 0 Å². The van der Waals surface area contributed by atoms with Crippen molar-refractivity contribution < 1.29 is 5.11 Å². The maximum Gasteiger partial charge on any atom is 0.119 e. The zero-order valence-electron chi connectivity index (χ0n) is 9.84. The Morgan fingerprint density at radius 3 is 3.06 bits per heavy atom. The van der Waals surface area contributed by atoms with Gasteiger partial charge in [0.1, 0.15) is 5.00 Å². The average molecular weight is 248 g/mol. The SMILES string of the molecule is CC(O)C1CCN(c2snc3ccccc23)C1. The van der Waals surface area contributed by atoms with E-state index in [2.05, 4.69) is 27.5 Å². The summed E-state index contributed by atoms with van der Waals surface area (Å²) in [6.07, 6.45) is 0.864. The van der Waals surface area contributed by atoms with Crippen molar-refractivity contribution in [3.05, 3.63) is 24.3 Å². The van der Waals surface area contributed by atoms with Gasteiger partial charge in [0.05, 0.1) is 11.6 Å². The van der Waals surface area contributed by atoms with E-state index < -0.39 is 0 Å². The summed E-state index contributed by atoms with van der Waals surface area (Å²) in [5.41, 5.74) is 1.08. The lowest BCUT2D eigenvalue weighted by Crippen LogP contribution is -2.23. The molecule has 1 aliphatic rings. The molecule has 0 radical (unpaired) electrons. The number of hydrogen-bond acceptors (Lipinski definition) is 4. The van der Waals surface area contributed by atoms with E-state index in [0.29, 0.717) is 5.92 Å². The standard InChI is InChI=1S/C13H16N2OS/c1-9(16)10-6-7-15(8-10)13-11-4-2-3-5-12(11)14-17-13/h2-5,9-10,16H,6-8H2,1H3. The summed E-state index contributed by atoms with van der Waals surface area (Å²) in [4.78, 5) is 2.36. The van der Waals surface area contributed by atoms with E-state index in [1.807, 2.05) is 13.0 Å². The first kappa shape index (κ1) is 11.0. The Balaban J connectivity index is 1.90. The number of aromatic nitrogens is 1. The highest BCUT2D eigenvalue weighted by Crippen LogP contribution is 2.34. The van der Waals surface area contributed by atoms with Gasteiger partial charge in [0.2, 0.25) is 0 Å². The number of rotatable bonds is 2. The van der Waals surface area contributed by atoms with Crippen LogP contribution >= 0.6 is 11.5 Å². The molecule has 2 atom stereocenters. The van der Waals surface area contributed by atoms with Crippen LogP contribution in [-0.2, 0) is 0 Å². The van der Waals surface area contributed by atoms with Crippen molar-refractivity contribution in [3.8, 4) is 0 Å². The molecule has 17 heavy (non-hydrogen) atoms. The summed E-state index contributed by atoms with van der Waals surface area (Å²) in [7, 11) is 0. The van der Waals surface area contributed by atoms with Gasteiger partial charge in [-0.1, -0.05) is 12.1 Å². The fourth-order valence-electron chi connectivity index (χ4n) is 2.47. The molecule has 1 aromatic carbocycles. The Bertz CT molecular complexity index is 523. The first-order chi connectivity index (χ1) is 8.25. The zero-order chi connectivity index (χ0) is 11.8. The molecule has 1 aliphatic heterocycles. The summed E-state index contributed by atoms with van der Waals surface area (Å²) in [6.45, 7) is 3.87. The first-order valence-corrected chi connectivity index (χ1v) is 6.80. The molecule has 2 heterocycles. The Morgan fingerprint density at radius 1 is 1.47 bits per heavy atom. The van der Waals surface area contributed by atoms with E-state index in [-0.39, 0.29) is 6.10 Å². The van der Waals surface area contributed by atoms with Crippen LogP contribution in [0.1, 0.15) is 13.3 Å². The second kappa shape index (κ2) is 4.27. The van der Waals surface area contributed by atoms with Crippen LogP contribution in [0.3, 0.4) is 0 Å². The summed E-state index contributed by atoms with van der Waals surface area (Å²) in [5, 5.41) is 12.1. The Labute approximate surface area is 105 Å². The fraction of sp³-hybridized carbons (Fsp3) is 0.462. The maximum absolute atomic E-state index is 9.64. The molecule has 2 unspecified atom stereocenters. The molecule has 3 rings (SSSR count). The number of aliphatic hydroxyl groups excluding tert-OH is 1. The second-order valence-corrected chi connectivity index (χ2v) is 5.49. The maximum atomic E-state index is 9.64. The van der Waals surface area contributed by atoms with Gasteiger partial charge in [-0.3, -0.25) is 0 Å². The van der Waals surface area contributed by atoms with Crippen LogP contribution in [0.15, 0.2) is 24.3 Å². The van der Waals surface area contributed by atoms with Gasteiger partial charge in [-0.05, 0) is 37.0 Å². The van der Waals surface area contributed by atoms with E-state index in [9.17, 15) is 5.11 Å². The van der Waals surface area contributed by atoms with Gasteiger partial charge in [-0.15, -0.1) is 0 Å². The molecule has 0 bridgehead atoms. The molecular weight excluding hydrogens is 232 g/mol. The molecule has 0 aliphatic carbocycles. The molecule has 1 N–H and O–H groups in total. The van der Waals surface area contributed by atoms with Gasteiger partial charge in [-0.2, -0.15) is 4.37 Å². The number of fused-ring (bicyclic) bond motifs is 1. The van der Waals surface area contributed by atoms with Crippen molar-refractivity contribution in [2.24, 2.45) is 5.92 Å². The Kier molecular flexibility index (Phi) is 2.76. The molecule has 1 aromatic heterocycles. The minimum absolute atomic E-state index is 0.209. The van der Waals surface area contributed by atoms with Crippen LogP contribution in [0.4, 0.5) is 5.00 Å². The monoisotopic (exact) mass is 248 g/mol. The average Bonchev–Trinajstić information content (AvgIpc) is 2.95. The normalized spacial score (nSPS) is 22.2. The highest BCUT2D eigenvalue weighted by atomic mass is 32.1. The van der Waals surface area contributed by atoms with Crippen LogP contribution in [0.5, 0.6) is 0 Å². The van der Waals surface area contributed by atoms with Crippen molar-refractivity contribution in [2.75, 3.05) is 18.0 Å². The van der Waals surface area contributed by atoms with Gasteiger partial charge in [0.25, 0.3) is 0 Å². The summed E-state index contributed by atoms with van der Waals surface area (Å²) >= 11 is 1.57. The quantitative estimate of drug-likeness (QED) is 0.887. The third-order valence-corrected chi connectivity index (χ3v) is 4.50. The Morgan fingerprint density at radius 2 is 2.29 bits per heavy atom. The van der Waals surface area contributed by atoms with E-state index in [4.69, 9.17) is 0 Å². The summed E-state index contributed by atoms with van der Waals surface area (Å²) < 4.78 is 4.47. The first-order valence-electron chi connectivity index (χ1n) is 6.03. The molecule has 1 saturated heterocycles. The topological polar surface area (TPSA) is 36.4 Å². The van der Waals surface area contributed by atoms with E-state index >= 15 is 0 Å².